The van der Waals surface area contributed by atoms with Crippen LogP contribution in [0.1, 0.15) is 22.6 Å². The van der Waals surface area contributed by atoms with Crippen molar-refractivity contribution in [2.45, 2.75) is 26.3 Å². The van der Waals surface area contributed by atoms with Crippen molar-refractivity contribution < 1.29 is 4.57 Å². The van der Waals surface area contributed by atoms with E-state index in [0.717, 1.165) is 25.5 Å². The molecule has 0 amide bonds. The van der Waals surface area contributed by atoms with Crippen LogP contribution >= 0.6 is 11.3 Å². The third-order valence-electron chi connectivity index (χ3n) is 3.65. The zero-order valence-corrected chi connectivity index (χ0v) is 12.1. The van der Waals surface area contributed by atoms with Gasteiger partial charge in [0.05, 0.1) is 12.3 Å². The predicted molar refractivity (Wildman–Crippen MR) is 80.7 cm³/mol. The van der Waals surface area contributed by atoms with Gasteiger partial charge in [-0.25, -0.2) is 4.57 Å². The molecule has 4 heteroatoms. The molecule has 100 valence electrons. The number of hydrogen-bond acceptors (Lipinski definition) is 3. The molecular formula is C15H20N3S+. The smallest absolute Gasteiger partial charge is 0.274 e. The molecule has 1 aliphatic heterocycles. The van der Waals surface area contributed by atoms with Crippen molar-refractivity contribution in [3.8, 4) is 0 Å². The number of pyridine rings is 1. The molecule has 2 aromatic heterocycles. The van der Waals surface area contributed by atoms with E-state index in [1.807, 2.05) is 11.3 Å². The number of thiophene rings is 1. The minimum absolute atomic E-state index is 0.843. The van der Waals surface area contributed by atoms with Crippen LogP contribution in [0.3, 0.4) is 0 Å². The Kier molecular flexibility index (Phi) is 3.42. The molecule has 3 heterocycles. The normalized spacial score (nSPS) is 15.1. The summed E-state index contributed by atoms with van der Waals surface area (Å²) in [6, 6.07) is 8.63. The first-order valence-electron chi connectivity index (χ1n) is 6.81. The van der Waals surface area contributed by atoms with Gasteiger partial charge in [-0.3, -0.25) is 5.73 Å². The maximum atomic E-state index is 6.18. The van der Waals surface area contributed by atoms with E-state index in [1.54, 1.807) is 0 Å². The van der Waals surface area contributed by atoms with Gasteiger partial charge in [-0.15, -0.1) is 11.3 Å². The lowest BCUT2D eigenvalue weighted by atomic mass is 10.3. The summed E-state index contributed by atoms with van der Waals surface area (Å²) in [4.78, 5) is 5.11. The van der Waals surface area contributed by atoms with Gasteiger partial charge in [0.25, 0.3) is 5.82 Å². The Morgan fingerprint density at radius 3 is 2.68 bits per heavy atom. The van der Waals surface area contributed by atoms with E-state index >= 15 is 0 Å². The van der Waals surface area contributed by atoms with Gasteiger partial charge in [0.15, 0.2) is 0 Å². The van der Waals surface area contributed by atoms with Crippen molar-refractivity contribution in [2.24, 2.45) is 0 Å². The van der Waals surface area contributed by atoms with Crippen LogP contribution in [0.4, 0.5) is 11.5 Å². The zero-order valence-electron chi connectivity index (χ0n) is 11.3. The van der Waals surface area contributed by atoms with Crippen molar-refractivity contribution in [2.75, 3.05) is 23.7 Å². The summed E-state index contributed by atoms with van der Waals surface area (Å²) in [5, 5.41) is 0. The molecule has 1 fully saturated rings. The predicted octanol–water partition coefficient (Wildman–Crippen LogP) is 2.57. The van der Waals surface area contributed by atoms with E-state index < -0.39 is 0 Å². The fourth-order valence-corrected chi connectivity index (χ4v) is 3.48. The number of nitrogens with zero attached hydrogens (tertiary/aromatic N) is 2. The summed E-state index contributed by atoms with van der Waals surface area (Å²) in [6.07, 6.45) is 4.70. The lowest BCUT2D eigenvalue weighted by molar-refractivity contribution is -0.673. The van der Waals surface area contributed by atoms with Crippen molar-refractivity contribution >= 4 is 22.8 Å². The van der Waals surface area contributed by atoms with Gasteiger partial charge in [0.2, 0.25) is 0 Å². The summed E-state index contributed by atoms with van der Waals surface area (Å²) in [5.74, 6) is 0.843. The molecule has 0 spiro atoms. The topological polar surface area (TPSA) is 33.1 Å². The highest BCUT2D eigenvalue weighted by Gasteiger charge is 2.15. The Hall–Kier alpha value is -1.55. The molecule has 2 N–H and O–H groups in total. The second kappa shape index (κ2) is 5.21. The first kappa shape index (κ1) is 12.5. The molecule has 3 rings (SSSR count). The van der Waals surface area contributed by atoms with Crippen LogP contribution in [-0.2, 0) is 6.54 Å². The highest BCUT2D eigenvalue weighted by Crippen LogP contribution is 2.21. The van der Waals surface area contributed by atoms with Gasteiger partial charge in [-0.05, 0) is 31.9 Å². The van der Waals surface area contributed by atoms with Crippen LogP contribution in [0.5, 0.6) is 0 Å². The number of nitrogens with two attached hydrogens (primary N) is 1. The van der Waals surface area contributed by atoms with Gasteiger partial charge in [0.1, 0.15) is 6.54 Å². The average molecular weight is 274 g/mol. The molecule has 1 aliphatic rings. The molecule has 2 aromatic rings. The van der Waals surface area contributed by atoms with Gasteiger partial charge >= 0.3 is 0 Å². The first-order valence-corrected chi connectivity index (χ1v) is 7.63. The summed E-state index contributed by atoms with van der Waals surface area (Å²) < 4.78 is 2.12. The maximum Gasteiger partial charge on any atom is 0.274 e. The Bertz CT molecular complexity index is 571. The van der Waals surface area contributed by atoms with Crippen LogP contribution < -0.4 is 15.2 Å². The van der Waals surface area contributed by atoms with E-state index in [4.69, 9.17) is 5.73 Å². The van der Waals surface area contributed by atoms with Crippen molar-refractivity contribution in [3.63, 3.8) is 0 Å². The molecule has 0 aliphatic carbocycles. The summed E-state index contributed by atoms with van der Waals surface area (Å²) in [7, 11) is 0. The Labute approximate surface area is 118 Å². The number of rotatable bonds is 3. The quantitative estimate of drug-likeness (QED) is 0.873. The highest BCUT2D eigenvalue weighted by molar-refractivity contribution is 7.11. The van der Waals surface area contributed by atoms with E-state index in [1.165, 1.54) is 28.3 Å². The molecule has 0 atom stereocenters. The van der Waals surface area contributed by atoms with Crippen molar-refractivity contribution in [3.05, 3.63) is 40.2 Å². The average Bonchev–Trinajstić information content (AvgIpc) is 3.03. The number of aryl methyl sites for hydroxylation is 1. The zero-order chi connectivity index (χ0) is 13.2. The van der Waals surface area contributed by atoms with Crippen LogP contribution in [-0.4, -0.2) is 13.1 Å². The molecule has 0 bridgehead atoms. The number of aromatic nitrogens is 1. The molecule has 0 radical (unpaired) electrons. The van der Waals surface area contributed by atoms with Crippen LogP contribution in [0.25, 0.3) is 0 Å². The maximum absolute atomic E-state index is 6.18. The molecule has 1 saturated heterocycles. The molecular weight excluding hydrogens is 254 g/mol. The highest BCUT2D eigenvalue weighted by atomic mass is 32.1. The van der Waals surface area contributed by atoms with Gasteiger partial charge in [0, 0.05) is 34.6 Å². The second-order valence-corrected chi connectivity index (χ2v) is 6.52. The first-order chi connectivity index (χ1) is 9.22. The van der Waals surface area contributed by atoms with E-state index in [0.29, 0.717) is 0 Å². The summed E-state index contributed by atoms with van der Waals surface area (Å²) in [5.41, 5.74) is 7.44. The van der Waals surface area contributed by atoms with Crippen molar-refractivity contribution in [1.82, 2.24) is 0 Å². The number of nitrogen functional groups attached to an aromatic ring is 1. The SMILES string of the molecule is Cc1ccc(C[n+]2ccc(N3CCCC3)cc2N)s1. The van der Waals surface area contributed by atoms with E-state index in [9.17, 15) is 0 Å². The molecule has 3 nitrogen and oxygen atoms in total. The van der Waals surface area contributed by atoms with Gasteiger partial charge in [-0.2, -0.15) is 0 Å². The second-order valence-electron chi connectivity index (χ2n) is 5.14. The van der Waals surface area contributed by atoms with E-state index in [2.05, 4.69) is 46.9 Å². The van der Waals surface area contributed by atoms with Crippen molar-refractivity contribution in [1.29, 1.82) is 0 Å². The summed E-state index contributed by atoms with van der Waals surface area (Å²) >= 11 is 1.83. The standard InChI is InChI=1S/C15H19N3S/c1-12-4-5-14(19-12)11-18-9-6-13(10-15(18)16)17-7-2-3-8-17/h4-6,9-10,16H,2-3,7-8,11H2,1H3/p+1. The van der Waals surface area contributed by atoms with Crippen LogP contribution in [0.15, 0.2) is 30.5 Å². The van der Waals surface area contributed by atoms with Gasteiger partial charge in [-0.1, -0.05) is 0 Å². The Balaban J connectivity index is 1.79. The minimum atomic E-state index is 0.843. The summed E-state index contributed by atoms with van der Waals surface area (Å²) in [6.45, 7) is 5.32. The van der Waals surface area contributed by atoms with E-state index in [-0.39, 0.29) is 0 Å². The third-order valence-corrected chi connectivity index (χ3v) is 4.63. The fourth-order valence-electron chi connectivity index (χ4n) is 2.59. The molecule has 19 heavy (non-hydrogen) atoms. The monoisotopic (exact) mass is 274 g/mol. The third kappa shape index (κ3) is 2.73. The number of hydrogen-bond donors (Lipinski definition) is 1. The lowest BCUT2D eigenvalue weighted by Crippen LogP contribution is -2.37. The molecule has 0 unspecified atom stereocenters. The van der Waals surface area contributed by atoms with Crippen LogP contribution in [0.2, 0.25) is 0 Å². The Morgan fingerprint density at radius 1 is 1.26 bits per heavy atom. The number of anilines is 2. The van der Waals surface area contributed by atoms with Gasteiger partial charge < -0.3 is 4.90 Å². The molecule has 0 aromatic carbocycles. The lowest BCUT2D eigenvalue weighted by Gasteiger charge is -2.17. The minimum Gasteiger partial charge on any atom is -0.371 e. The molecule has 0 saturated carbocycles. The largest absolute Gasteiger partial charge is 0.371 e. The Morgan fingerprint density at radius 2 is 2.05 bits per heavy atom. The van der Waals surface area contributed by atoms with Crippen LogP contribution in [0, 0.1) is 6.92 Å². The fraction of sp³-hybridized carbons (Fsp3) is 0.400.